The maximum atomic E-state index is 12.4. The number of rotatable bonds is 3. The summed E-state index contributed by atoms with van der Waals surface area (Å²) >= 11 is 5.27. The molecule has 102 valence electrons. The first kappa shape index (κ1) is 12.8. The van der Waals surface area contributed by atoms with Gasteiger partial charge in [0, 0.05) is 32.4 Å². The first-order chi connectivity index (χ1) is 9.66. The number of hydrogen-bond acceptors (Lipinski definition) is 3. The van der Waals surface area contributed by atoms with Crippen LogP contribution in [0.2, 0.25) is 0 Å². The van der Waals surface area contributed by atoms with Gasteiger partial charge in [-0.1, -0.05) is 12.1 Å². The van der Waals surface area contributed by atoms with Crippen LogP contribution in [0.4, 0.5) is 0 Å². The quantitative estimate of drug-likeness (QED) is 0.750. The maximum absolute atomic E-state index is 12.4. The molecule has 3 aromatic rings. The number of para-hydroxylation sites is 1. The lowest BCUT2D eigenvalue weighted by Gasteiger charge is -2.08. The summed E-state index contributed by atoms with van der Waals surface area (Å²) in [4.78, 5) is 19.8. The van der Waals surface area contributed by atoms with Crippen molar-refractivity contribution in [1.29, 1.82) is 0 Å². The molecule has 1 N–H and O–H groups in total. The lowest BCUT2D eigenvalue weighted by molar-refractivity contribution is 0.619. The highest BCUT2D eigenvalue weighted by atomic mass is 32.1. The predicted molar refractivity (Wildman–Crippen MR) is 80.3 cm³/mol. The van der Waals surface area contributed by atoms with E-state index in [0.29, 0.717) is 23.1 Å². The molecule has 3 rings (SSSR count). The van der Waals surface area contributed by atoms with Crippen molar-refractivity contribution < 1.29 is 0 Å². The Morgan fingerprint density at radius 2 is 2.15 bits per heavy atom. The zero-order chi connectivity index (χ0) is 14.1. The van der Waals surface area contributed by atoms with Crippen molar-refractivity contribution >= 4 is 23.1 Å². The molecule has 0 saturated carbocycles. The van der Waals surface area contributed by atoms with Crippen LogP contribution in [-0.4, -0.2) is 19.1 Å². The highest BCUT2D eigenvalue weighted by Crippen LogP contribution is 2.06. The topological polar surface area (TPSA) is 55.6 Å². The number of aryl methyl sites for hydroxylation is 2. The van der Waals surface area contributed by atoms with Gasteiger partial charge in [-0.2, -0.15) is 0 Å². The Hall–Kier alpha value is -2.21. The van der Waals surface area contributed by atoms with Crippen LogP contribution in [0.15, 0.2) is 41.5 Å². The third-order valence-electron chi connectivity index (χ3n) is 3.37. The second-order valence-corrected chi connectivity index (χ2v) is 5.02. The van der Waals surface area contributed by atoms with Crippen LogP contribution >= 0.6 is 12.2 Å². The number of imidazole rings is 1. The van der Waals surface area contributed by atoms with Gasteiger partial charge in [-0.05, 0) is 24.4 Å². The number of hydrogen-bond donors (Lipinski definition) is 1. The van der Waals surface area contributed by atoms with Crippen molar-refractivity contribution in [1.82, 2.24) is 19.1 Å². The summed E-state index contributed by atoms with van der Waals surface area (Å²) in [6.07, 6.45) is 4.30. The number of aromatic amines is 1. The normalized spacial score (nSPS) is 11.1. The Kier molecular flexibility index (Phi) is 3.23. The fraction of sp³-hybridized carbons (Fsp3) is 0.214. The number of benzene rings is 1. The summed E-state index contributed by atoms with van der Waals surface area (Å²) in [5.74, 6) is 0.930. The minimum absolute atomic E-state index is 0.0569. The van der Waals surface area contributed by atoms with E-state index in [1.165, 1.54) is 0 Å². The highest BCUT2D eigenvalue weighted by molar-refractivity contribution is 7.71. The molecule has 2 aromatic heterocycles. The standard InChI is InChI=1S/C14H14N4OS/c1-17-9-7-15-12(17)6-8-18-13(19)10-4-2-3-5-11(10)16-14(18)20/h2-5,7,9H,6,8H2,1H3,(H,16,20). The second-order valence-electron chi connectivity index (χ2n) is 4.64. The molecule has 0 aliphatic carbocycles. The molecule has 1 aromatic carbocycles. The SMILES string of the molecule is Cn1ccnc1CCn1c(=S)[nH]c2ccccc2c1=O. The van der Waals surface area contributed by atoms with Gasteiger partial charge < -0.3 is 9.55 Å². The summed E-state index contributed by atoms with van der Waals surface area (Å²) in [5.41, 5.74) is 0.717. The molecule has 6 heteroatoms. The van der Waals surface area contributed by atoms with E-state index in [1.807, 2.05) is 36.0 Å². The molecule has 0 unspecified atom stereocenters. The minimum Gasteiger partial charge on any atom is -0.338 e. The predicted octanol–water partition coefficient (Wildman–Crippen LogP) is 2.04. The fourth-order valence-electron chi connectivity index (χ4n) is 2.25. The third kappa shape index (κ3) is 2.18. The highest BCUT2D eigenvalue weighted by Gasteiger charge is 2.06. The summed E-state index contributed by atoms with van der Waals surface area (Å²) in [7, 11) is 1.94. The summed E-state index contributed by atoms with van der Waals surface area (Å²) < 4.78 is 3.98. The zero-order valence-corrected chi connectivity index (χ0v) is 11.9. The van der Waals surface area contributed by atoms with Crippen LogP contribution in [0.25, 0.3) is 10.9 Å². The number of aromatic nitrogens is 4. The van der Waals surface area contributed by atoms with Gasteiger partial charge in [-0.25, -0.2) is 4.98 Å². The van der Waals surface area contributed by atoms with E-state index in [2.05, 4.69) is 9.97 Å². The van der Waals surface area contributed by atoms with Gasteiger partial charge in [0.15, 0.2) is 4.77 Å². The van der Waals surface area contributed by atoms with Crippen molar-refractivity contribution in [3.63, 3.8) is 0 Å². The molecular formula is C14H14N4OS. The molecule has 0 atom stereocenters. The molecule has 0 bridgehead atoms. The molecule has 20 heavy (non-hydrogen) atoms. The van der Waals surface area contributed by atoms with Crippen molar-refractivity contribution in [2.75, 3.05) is 0 Å². The molecule has 0 saturated heterocycles. The molecule has 0 aliphatic rings. The number of fused-ring (bicyclic) bond motifs is 1. The Balaban J connectivity index is 2.02. The molecule has 5 nitrogen and oxygen atoms in total. The van der Waals surface area contributed by atoms with E-state index in [-0.39, 0.29) is 5.56 Å². The van der Waals surface area contributed by atoms with Gasteiger partial charge >= 0.3 is 0 Å². The van der Waals surface area contributed by atoms with Gasteiger partial charge in [-0.15, -0.1) is 0 Å². The summed E-state index contributed by atoms with van der Waals surface area (Å²) in [6, 6.07) is 7.39. The minimum atomic E-state index is -0.0569. The number of nitrogens with one attached hydrogen (secondary N) is 1. The number of nitrogens with zero attached hydrogens (tertiary/aromatic N) is 3. The van der Waals surface area contributed by atoms with Crippen molar-refractivity contribution in [3.05, 3.63) is 57.6 Å². The van der Waals surface area contributed by atoms with Gasteiger partial charge in [0.2, 0.25) is 0 Å². The Morgan fingerprint density at radius 1 is 1.35 bits per heavy atom. The molecule has 0 aliphatic heterocycles. The fourth-order valence-corrected chi connectivity index (χ4v) is 2.54. The lowest BCUT2D eigenvalue weighted by Crippen LogP contribution is -2.23. The van der Waals surface area contributed by atoms with E-state index in [1.54, 1.807) is 16.8 Å². The number of H-pyrrole nitrogens is 1. The van der Waals surface area contributed by atoms with E-state index < -0.39 is 0 Å². The Labute approximate surface area is 120 Å². The largest absolute Gasteiger partial charge is 0.338 e. The average Bonchev–Trinajstić information content (AvgIpc) is 2.84. The molecule has 0 radical (unpaired) electrons. The van der Waals surface area contributed by atoms with Crippen LogP contribution in [-0.2, 0) is 20.0 Å². The molecule has 0 fully saturated rings. The van der Waals surface area contributed by atoms with Crippen molar-refractivity contribution in [3.8, 4) is 0 Å². The summed E-state index contributed by atoms with van der Waals surface area (Å²) in [5, 5.41) is 0.654. The van der Waals surface area contributed by atoms with Crippen molar-refractivity contribution in [2.24, 2.45) is 7.05 Å². The lowest BCUT2D eigenvalue weighted by atomic mass is 10.2. The van der Waals surface area contributed by atoms with Crippen molar-refractivity contribution in [2.45, 2.75) is 13.0 Å². The van der Waals surface area contributed by atoms with E-state index in [9.17, 15) is 4.79 Å². The monoisotopic (exact) mass is 286 g/mol. The maximum Gasteiger partial charge on any atom is 0.262 e. The second kappa shape index (κ2) is 5.05. The van der Waals surface area contributed by atoms with Crippen LogP contribution in [0, 0.1) is 4.77 Å². The summed E-state index contributed by atoms with van der Waals surface area (Å²) in [6.45, 7) is 0.518. The first-order valence-corrected chi connectivity index (χ1v) is 6.75. The molecule has 0 spiro atoms. The van der Waals surface area contributed by atoms with Gasteiger partial charge in [0.05, 0.1) is 10.9 Å². The van der Waals surface area contributed by atoms with E-state index >= 15 is 0 Å². The Bertz CT molecular complexity index is 875. The smallest absolute Gasteiger partial charge is 0.262 e. The molecule has 2 heterocycles. The van der Waals surface area contributed by atoms with Crippen LogP contribution < -0.4 is 5.56 Å². The third-order valence-corrected chi connectivity index (χ3v) is 3.69. The van der Waals surface area contributed by atoms with Crippen LogP contribution in [0.5, 0.6) is 0 Å². The zero-order valence-electron chi connectivity index (χ0n) is 11.0. The van der Waals surface area contributed by atoms with E-state index in [0.717, 1.165) is 11.3 Å². The van der Waals surface area contributed by atoms with Gasteiger partial charge in [0.1, 0.15) is 5.82 Å². The van der Waals surface area contributed by atoms with Crippen LogP contribution in [0.1, 0.15) is 5.82 Å². The average molecular weight is 286 g/mol. The van der Waals surface area contributed by atoms with Crippen LogP contribution in [0.3, 0.4) is 0 Å². The molecular weight excluding hydrogens is 272 g/mol. The van der Waals surface area contributed by atoms with Gasteiger partial charge in [-0.3, -0.25) is 9.36 Å². The molecule has 0 amide bonds. The van der Waals surface area contributed by atoms with Gasteiger partial charge in [0.25, 0.3) is 5.56 Å². The van der Waals surface area contributed by atoms with E-state index in [4.69, 9.17) is 12.2 Å². The first-order valence-electron chi connectivity index (χ1n) is 6.35. The Morgan fingerprint density at radius 3 is 2.90 bits per heavy atom.